The lowest BCUT2D eigenvalue weighted by atomic mass is 9.99. The van der Waals surface area contributed by atoms with Crippen LogP contribution in [0.25, 0.3) is 20.9 Å². The lowest BCUT2D eigenvalue weighted by Crippen LogP contribution is -2.34. The number of imide groups is 1. The zero-order chi connectivity index (χ0) is 27.8. The standard InChI is InChI=1S/C28H25F6NO2S/c1-3-5-6-16(4-2)15-35-25(36)21-22(26(35)37)24(18-9-13-20(14-10-18)28(32,33)34)38-23(21)17-7-11-19(12-8-17)27(29,30)31/h7-14,16H,3-6,15H2,1-2H3. The third kappa shape index (κ3) is 5.36. The van der Waals surface area contributed by atoms with Gasteiger partial charge in [0.2, 0.25) is 0 Å². The molecule has 2 amide bonds. The Morgan fingerprint density at radius 1 is 0.737 bits per heavy atom. The Labute approximate surface area is 220 Å². The van der Waals surface area contributed by atoms with Crippen molar-refractivity contribution in [3.8, 4) is 20.9 Å². The summed E-state index contributed by atoms with van der Waals surface area (Å²) < 4.78 is 78.7. The molecule has 0 radical (unpaired) electrons. The van der Waals surface area contributed by atoms with Gasteiger partial charge in [0.1, 0.15) is 0 Å². The Hall–Kier alpha value is -3.14. The minimum Gasteiger partial charge on any atom is -0.274 e. The van der Waals surface area contributed by atoms with Crippen molar-refractivity contribution in [3.05, 3.63) is 70.8 Å². The van der Waals surface area contributed by atoms with Gasteiger partial charge in [0, 0.05) is 16.3 Å². The smallest absolute Gasteiger partial charge is 0.274 e. The molecule has 1 aliphatic rings. The van der Waals surface area contributed by atoms with E-state index >= 15 is 0 Å². The van der Waals surface area contributed by atoms with Gasteiger partial charge in [-0.25, -0.2) is 0 Å². The predicted octanol–water partition coefficient (Wildman–Crippen LogP) is 8.93. The van der Waals surface area contributed by atoms with Crippen LogP contribution in [0.15, 0.2) is 48.5 Å². The molecular weight excluding hydrogens is 528 g/mol. The van der Waals surface area contributed by atoms with Crippen LogP contribution < -0.4 is 0 Å². The van der Waals surface area contributed by atoms with E-state index in [1.165, 1.54) is 29.2 Å². The molecule has 10 heteroatoms. The summed E-state index contributed by atoms with van der Waals surface area (Å²) in [5.41, 5.74) is -0.914. The van der Waals surface area contributed by atoms with E-state index in [1.54, 1.807) is 0 Å². The third-order valence-corrected chi connectivity index (χ3v) is 8.05. The number of benzene rings is 2. The maximum atomic E-state index is 13.6. The second-order valence-corrected chi connectivity index (χ2v) is 10.3. The first-order chi connectivity index (χ1) is 17.9. The highest BCUT2D eigenvalue weighted by molar-refractivity contribution is 7.20. The predicted molar refractivity (Wildman–Crippen MR) is 134 cm³/mol. The lowest BCUT2D eigenvalue weighted by molar-refractivity contribution is -0.138. The highest BCUT2D eigenvalue weighted by Gasteiger charge is 2.43. The largest absolute Gasteiger partial charge is 0.416 e. The minimum absolute atomic E-state index is 0.0829. The highest BCUT2D eigenvalue weighted by Crippen LogP contribution is 2.47. The summed E-state index contributed by atoms with van der Waals surface area (Å²) in [6.07, 6.45) is -5.62. The molecule has 0 saturated heterocycles. The van der Waals surface area contributed by atoms with Crippen LogP contribution >= 0.6 is 11.3 Å². The second kappa shape index (κ2) is 10.6. The van der Waals surface area contributed by atoms with Crippen LogP contribution in [0.3, 0.4) is 0 Å². The Bertz CT molecular complexity index is 1230. The molecule has 2 aromatic carbocycles. The van der Waals surface area contributed by atoms with Crippen LogP contribution in [-0.2, 0) is 12.4 Å². The molecule has 0 fully saturated rings. The van der Waals surface area contributed by atoms with Crippen LogP contribution in [0.5, 0.6) is 0 Å². The summed E-state index contributed by atoms with van der Waals surface area (Å²) in [7, 11) is 0. The van der Waals surface area contributed by atoms with Crippen molar-refractivity contribution in [1.82, 2.24) is 4.90 Å². The first-order valence-corrected chi connectivity index (χ1v) is 13.1. The van der Waals surface area contributed by atoms with Crippen LogP contribution in [0.1, 0.15) is 71.4 Å². The molecule has 1 aliphatic heterocycles. The molecule has 4 rings (SSSR count). The maximum absolute atomic E-state index is 13.6. The van der Waals surface area contributed by atoms with Crippen LogP contribution in [0.2, 0.25) is 0 Å². The van der Waals surface area contributed by atoms with E-state index in [9.17, 15) is 35.9 Å². The molecule has 0 bridgehead atoms. The number of amides is 2. The molecule has 1 aromatic heterocycles. The number of fused-ring (bicyclic) bond motifs is 1. The quantitative estimate of drug-likeness (QED) is 0.206. The van der Waals surface area contributed by atoms with Gasteiger partial charge in [0.05, 0.1) is 22.3 Å². The fraction of sp³-hybridized carbons (Fsp3) is 0.357. The van der Waals surface area contributed by atoms with Crippen molar-refractivity contribution in [2.24, 2.45) is 5.92 Å². The van der Waals surface area contributed by atoms with Crippen molar-refractivity contribution in [3.63, 3.8) is 0 Å². The van der Waals surface area contributed by atoms with Gasteiger partial charge in [0.15, 0.2) is 0 Å². The number of alkyl halides is 6. The molecule has 0 saturated carbocycles. The molecule has 0 N–H and O–H groups in total. The molecular formula is C28H25F6NO2S. The lowest BCUT2D eigenvalue weighted by Gasteiger charge is -2.22. The highest BCUT2D eigenvalue weighted by atomic mass is 32.1. The van der Waals surface area contributed by atoms with Crippen molar-refractivity contribution in [2.75, 3.05) is 6.54 Å². The van der Waals surface area contributed by atoms with E-state index in [0.29, 0.717) is 20.9 Å². The number of hydrogen-bond donors (Lipinski definition) is 0. The van der Waals surface area contributed by atoms with E-state index in [1.807, 2.05) is 13.8 Å². The summed E-state index contributed by atoms with van der Waals surface area (Å²) in [6.45, 7) is 4.22. The normalized spacial score (nSPS) is 14.8. The number of hydrogen-bond acceptors (Lipinski definition) is 3. The van der Waals surface area contributed by atoms with Crippen LogP contribution in [0, 0.1) is 5.92 Å². The number of halogens is 6. The Balaban J connectivity index is 1.81. The first-order valence-electron chi connectivity index (χ1n) is 12.2. The number of carbonyl (C=O) groups excluding carboxylic acids is 2. The first kappa shape index (κ1) is 27.9. The molecule has 0 aliphatic carbocycles. The summed E-state index contributed by atoms with van der Waals surface area (Å²) in [6, 6.07) is 8.55. The molecule has 0 spiro atoms. The molecule has 3 nitrogen and oxygen atoms in total. The van der Waals surface area contributed by atoms with Crippen molar-refractivity contribution < 1.29 is 35.9 Å². The fourth-order valence-corrected chi connectivity index (χ4v) is 5.87. The summed E-state index contributed by atoms with van der Waals surface area (Å²) in [5, 5.41) is 0. The van der Waals surface area contributed by atoms with Gasteiger partial charge in [-0.15, -0.1) is 11.3 Å². The fourth-order valence-electron chi connectivity index (χ4n) is 4.57. The third-order valence-electron chi connectivity index (χ3n) is 6.76. The average molecular weight is 554 g/mol. The molecule has 38 heavy (non-hydrogen) atoms. The van der Waals surface area contributed by atoms with Gasteiger partial charge < -0.3 is 0 Å². The van der Waals surface area contributed by atoms with Gasteiger partial charge in [0.25, 0.3) is 11.8 Å². The number of carbonyl (C=O) groups is 2. The minimum atomic E-state index is -4.54. The number of unbranched alkanes of at least 4 members (excludes halogenated alkanes) is 1. The SMILES string of the molecule is CCCCC(CC)CN1C(=O)c2c(-c3ccc(C(F)(F)F)cc3)sc(-c3ccc(C(F)(F)F)cc3)c2C1=O. The average Bonchev–Trinajstić information content (AvgIpc) is 3.38. The van der Waals surface area contributed by atoms with Gasteiger partial charge in [-0.3, -0.25) is 14.5 Å². The zero-order valence-corrected chi connectivity index (χ0v) is 21.5. The summed E-state index contributed by atoms with van der Waals surface area (Å²) in [5.74, 6) is -0.993. The van der Waals surface area contributed by atoms with Crippen molar-refractivity contribution >= 4 is 23.2 Å². The second-order valence-electron chi connectivity index (χ2n) is 9.30. The van der Waals surface area contributed by atoms with E-state index in [-0.39, 0.29) is 23.6 Å². The number of rotatable bonds is 8. The maximum Gasteiger partial charge on any atom is 0.416 e. The Kier molecular flexibility index (Phi) is 7.74. The van der Waals surface area contributed by atoms with Crippen molar-refractivity contribution in [2.45, 2.75) is 51.9 Å². The van der Waals surface area contributed by atoms with Gasteiger partial charge in [-0.2, -0.15) is 26.3 Å². The molecule has 202 valence electrons. The Morgan fingerprint density at radius 3 is 1.50 bits per heavy atom. The zero-order valence-electron chi connectivity index (χ0n) is 20.7. The molecule has 1 unspecified atom stereocenters. The van der Waals surface area contributed by atoms with Crippen LogP contribution in [-0.4, -0.2) is 23.3 Å². The van der Waals surface area contributed by atoms with Gasteiger partial charge >= 0.3 is 12.4 Å². The topological polar surface area (TPSA) is 37.4 Å². The van der Waals surface area contributed by atoms with E-state index < -0.39 is 35.3 Å². The summed E-state index contributed by atoms with van der Waals surface area (Å²) in [4.78, 5) is 28.9. The van der Waals surface area contributed by atoms with Crippen molar-refractivity contribution in [1.29, 1.82) is 0 Å². The van der Waals surface area contributed by atoms with E-state index in [0.717, 1.165) is 61.3 Å². The Morgan fingerprint density at radius 2 is 1.16 bits per heavy atom. The van der Waals surface area contributed by atoms with Gasteiger partial charge in [-0.05, 0) is 47.7 Å². The molecule has 1 atom stereocenters. The van der Waals surface area contributed by atoms with Crippen LogP contribution in [0.4, 0.5) is 26.3 Å². The molecule has 2 heterocycles. The molecule has 3 aromatic rings. The van der Waals surface area contributed by atoms with E-state index in [4.69, 9.17) is 0 Å². The number of nitrogens with zero attached hydrogens (tertiary/aromatic N) is 1. The number of thiophene rings is 1. The van der Waals surface area contributed by atoms with Gasteiger partial charge in [-0.1, -0.05) is 57.4 Å². The van der Waals surface area contributed by atoms with E-state index in [2.05, 4.69) is 0 Å². The summed E-state index contributed by atoms with van der Waals surface area (Å²) >= 11 is 1.01. The monoisotopic (exact) mass is 553 g/mol.